The van der Waals surface area contributed by atoms with Gasteiger partial charge in [0.05, 0.1) is 6.04 Å². The van der Waals surface area contributed by atoms with E-state index in [4.69, 9.17) is 4.52 Å². The molecule has 0 radical (unpaired) electrons. The van der Waals surface area contributed by atoms with Crippen LogP contribution < -0.4 is 5.32 Å². The fourth-order valence-corrected chi connectivity index (χ4v) is 4.01. The van der Waals surface area contributed by atoms with Gasteiger partial charge in [0.1, 0.15) is 0 Å². The maximum Gasteiger partial charge on any atom is 0.317 e. The predicted molar refractivity (Wildman–Crippen MR) is 87.9 cm³/mol. The first-order valence-electron chi connectivity index (χ1n) is 8.00. The SMILES string of the molecule is CCS[C@@H]1CC[C@H](N(C)C(=O)N[C@@H](CC)c2noc(C)n2)C1. The molecule has 1 heterocycles. The number of hydrogen-bond donors (Lipinski definition) is 1. The number of aryl methyl sites for hydroxylation is 1. The molecule has 7 heteroatoms. The number of hydrogen-bond acceptors (Lipinski definition) is 5. The van der Waals surface area contributed by atoms with Gasteiger partial charge in [0.2, 0.25) is 5.89 Å². The zero-order valence-electron chi connectivity index (χ0n) is 13.8. The van der Waals surface area contributed by atoms with Crippen LogP contribution in [0.15, 0.2) is 4.52 Å². The summed E-state index contributed by atoms with van der Waals surface area (Å²) in [5.41, 5.74) is 0. The Morgan fingerprint density at radius 2 is 2.27 bits per heavy atom. The van der Waals surface area contributed by atoms with Crippen molar-refractivity contribution < 1.29 is 9.32 Å². The van der Waals surface area contributed by atoms with Crippen molar-refractivity contribution >= 4 is 17.8 Å². The molecule has 1 aromatic heterocycles. The minimum absolute atomic E-state index is 0.0542. The number of amides is 2. The van der Waals surface area contributed by atoms with Gasteiger partial charge in [0, 0.05) is 25.3 Å². The maximum atomic E-state index is 12.5. The van der Waals surface area contributed by atoms with E-state index in [1.54, 1.807) is 6.92 Å². The minimum Gasteiger partial charge on any atom is -0.340 e. The van der Waals surface area contributed by atoms with Crippen LogP contribution in [0.3, 0.4) is 0 Å². The van der Waals surface area contributed by atoms with E-state index in [1.807, 2.05) is 30.6 Å². The van der Waals surface area contributed by atoms with E-state index >= 15 is 0 Å². The number of nitrogens with one attached hydrogen (secondary N) is 1. The average molecular weight is 326 g/mol. The molecule has 1 saturated carbocycles. The number of urea groups is 1. The van der Waals surface area contributed by atoms with Gasteiger partial charge >= 0.3 is 6.03 Å². The standard InChI is InChI=1S/C15H26N4O2S/c1-5-13(14-16-10(3)21-18-14)17-15(20)19(4)11-7-8-12(9-11)22-6-2/h11-13H,5-9H2,1-4H3,(H,17,20)/t11-,12+,13-/m0/s1. The van der Waals surface area contributed by atoms with E-state index in [2.05, 4.69) is 22.4 Å². The van der Waals surface area contributed by atoms with Crippen molar-refractivity contribution in [3.05, 3.63) is 11.7 Å². The maximum absolute atomic E-state index is 12.5. The van der Waals surface area contributed by atoms with Gasteiger partial charge in [-0.2, -0.15) is 16.7 Å². The van der Waals surface area contributed by atoms with E-state index in [1.165, 1.54) is 6.42 Å². The Balaban J connectivity index is 1.90. The van der Waals surface area contributed by atoms with Gasteiger partial charge in [0.25, 0.3) is 0 Å². The lowest BCUT2D eigenvalue weighted by Gasteiger charge is -2.26. The van der Waals surface area contributed by atoms with Crippen molar-refractivity contribution in [2.75, 3.05) is 12.8 Å². The van der Waals surface area contributed by atoms with Crippen molar-refractivity contribution in [1.29, 1.82) is 0 Å². The number of rotatable bonds is 6. The first-order chi connectivity index (χ1) is 10.5. The van der Waals surface area contributed by atoms with Crippen LogP contribution in [-0.2, 0) is 0 Å². The minimum atomic E-state index is -0.199. The number of carbonyl (C=O) groups excluding carboxylic acids is 1. The summed E-state index contributed by atoms with van der Waals surface area (Å²) in [6, 6.07) is 0.0737. The monoisotopic (exact) mass is 326 g/mol. The van der Waals surface area contributed by atoms with Gasteiger partial charge in [-0.3, -0.25) is 0 Å². The summed E-state index contributed by atoms with van der Waals surface area (Å²) >= 11 is 2.00. The highest BCUT2D eigenvalue weighted by atomic mass is 32.2. The molecule has 0 unspecified atom stereocenters. The van der Waals surface area contributed by atoms with Crippen molar-refractivity contribution in [2.45, 2.75) is 63.8 Å². The van der Waals surface area contributed by atoms with E-state index in [9.17, 15) is 4.79 Å². The summed E-state index contributed by atoms with van der Waals surface area (Å²) < 4.78 is 5.00. The molecule has 0 bridgehead atoms. The summed E-state index contributed by atoms with van der Waals surface area (Å²) in [5, 5.41) is 7.61. The Hall–Kier alpha value is -1.24. The first kappa shape index (κ1) is 17.1. The van der Waals surface area contributed by atoms with Gasteiger partial charge in [-0.1, -0.05) is 19.0 Å². The van der Waals surface area contributed by atoms with Gasteiger partial charge in [-0.15, -0.1) is 0 Å². The van der Waals surface area contributed by atoms with Crippen LogP contribution in [0, 0.1) is 6.92 Å². The normalized spacial score (nSPS) is 22.5. The predicted octanol–water partition coefficient (Wildman–Crippen LogP) is 3.14. The zero-order valence-corrected chi connectivity index (χ0v) is 14.7. The molecule has 0 spiro atoms. The Bertz CT molecular complexity index is 494. The van der Waals surface area contributed by atoms with Crippen molar-refractivity contribution in [3.63, 3.8) is 0 Å². The van der Waals surface area contributed by atoms with Gasteiger partial charge < -0.3 is 14.7 Å². The number of thioether (sulfide) groups is 1. The van der Waals surface area contributed by atoms with Crippen LogP contribution >= 0.6 is 11.8 Å². The largest absolute Gasteiger partial charge is 0.340 e. The lowest BCUT2D eigenvalue weighted by atomic mass is 10.2. The molecule has 1 aliphatic rings. The van der Waals surface area contributed by atoms with E-state index < -0.39 is 0 Å². The molecule has 1 aromatic rings. The van der Waals surface area contributed by atoms with Crippen LogP contribution in [-0.4, -0.2) is 45.2 Å². The van der Waals surface area contributed by atoms with Crippen LogP contribution in [0.5, 0.6) is 0 Å². The van der Waals surface area contributed by atoms with Crippen LogP contribution in [0.2, 0.25) is 0 Å². The van der Waals surface area contributed by atoms with Gasteiger partial charge in [-0.05, 0) is 31.4 Å². The number of aromatic nitrogens is 2. The third-order valence-electron chi connectivity index (χ3n) is 4.19. The Morgan fingerprint density at radius 3 is 2.86 bits per heavy atom. The van der Waals surface area contributed by atoms with E-state index in [0.29, 0.717) is 23.0 Å². The van der Waals surface area contributed by atoms with E-state index in [0.717, 1.165) is 25.0 Å². The average Bonchev–Trinajstić information content (AvgIpc) is 3.13. The lowest BCUT2D eigenvalue weighted by molar-refractivity contribution is 0.186. The smallest absolute Gasteiger partial charge is 0.317 e. The molecular formula is C15H26N4O2S. The summed E-state index contributed by atoms with van der Waals surface area (Å²) in [6.45, 7) is 5.94. The highest BCUT2D eigenvalue weighted by Gasteiger charge is 2.31. The molecule has 124 valence electrons. The van der Waals surface area contributed by atoms with Crippen molar-refractivity contribution in [2.24, 2.45) is 0 Å². The van der Waals surface area contributed by atoms with E-state index in [-0.39, 0.29) is 12.1 Å². The summed E-state index contributed by atoms with van der Waals surface area (Å²) in [4.78, 5) is 18.5. The molecule has 2 amide bonds. The van der Waals surface area contributed by atoms with Crippen LogP contribution in [0.25, 0.3) is 0 Å². The Morgan fingerprint density at radius 1 is 1.50 bits per heavy atom. The molecule has 1 fully saturated rings. The molecule has 6 nitrogen and oxygen atoms in total. The van der Waals surface area contributed by atoms with Crippen LogP contribution in [0.4, 0.5) is 4.79 Å². The summed E-state index contributed by atoms with van der Waals surface area (Å²) in [7, 11) is 1.88. The zero-order chi connectivity index (χ0) is 16.1. The third-order valence-corrected chi connectivity index (χ3v) is 5.42. The number of nitrogens with zero attached hydrogens (tertiary/aromatic N) is 3. The molecule has 1 N–H and O–H groups in total. The second-order valence-electron chi connectivity index (χ2n) is 5.74. The molecule has 22 heavy (non-hydrogen) atoms. The molecule has 0 aliphatic heterocycles. The fourth-order valence-electron chi connectivity index (χ4n) is 2.88. The molecule has 0 saturated heterocycles. The molecule has 3 atom stereocenters. The summed E-state index contributed by atoms with van der Waals surface area (Å²) in [5.74, 6) is 2.21. The first-order valence-corrected chi connectivity index (χ1v) is 9.05. The van der Waals surface area contributed by atoms with Crippen LogP contribution in [0.1, 0.15) is 57.3 Å². The van der Waals surface area contributed by atoms with Gasteiger partial charge in [-0.25, -0.2) is 4.79 Å². The summed E-state index contributed by atoms with van der Waals surface area (Å²) in [6.07, 6.45) is 4.10. The quantitative estimate of drug-likeness (QED) is 0.869. The highest BCUT2D eigenvalue weighted by Crippen LogP contribution is 2.32. The van der Waals surface area contributed by atoms with Crippen molar-refractivity contribution in [1.82, 2.24) is 20.4 Å². The second kappa shape index (κ2) is 7.85. The lowest BCUT2D eigenvalue weighted by Crippen LogP contribution is -2.44. The molecular weight excluding hydrogens is 300 g/mol. The molecule has 0 aromatic carbocycles. The molecule has 1 aliphatic carbocycles. The fraction of sp³-hybridized carbons (Fsp3) is 0.800. The topological polar surface area (TPSA) is 71.3 Å². The third kappa shape index (κ3) is 4.15. The van der Waals surface area contributed by atoms with Gasteiger partial charge in [0.15, 0.2) is 5.82 Å². The second-order valence-corrected chi connectivity index (χ2v) is 7.31. The Labute approximate surface area is 136 Å². The molecule has 2 rings (SSSR count). The number of carbonyl (C=O) groups is 1. The van der Waals surface area contributed by atoms with Crippen molar-refractivity contribution in [3.8, 4) is 0 Å². The highest BCUT2D eigenvalue weighted by molar-refractivity contribution is 7.99. The Kier molecular flexibility index (Phi) is 6.11.